The Kier molecular flexibility index (Phi) is 7.86. The molecule has 4 heteroatoms. The van der Waals surface area contributed by atoms with Crippen LogP contribution in [0.25, 0.3) is 10.4 Å². The minimum absolute atomic E-state index is 0.393. The van der Waals surface area contributed by atoms with Crippen molar-refractivity contribution in [3.05, 3.63) is 106 Å². The molecule has 0 heterocycles. The van der Waals surface area contributed by atoms with Gasteiger partial charge in [0, 0.05) is 5.56 Å². The molecule has 0 amide bonds. The van der Waals surface area contributed by atoms with E-state index >= 15 is 0 Å². The summed E-state index contributed by atoms with van der Waals surface area (Å²) in [5.41, 5.74) is 6.93. The number of benzene rings is 3. The molecular weight excluding hydrogens is 461 g/mol. The van der Waals surface area contributed by atoms with Crippen molar-refractivity contribution in [2.75, 3.05) is 0 Å². The Morgan fingerprint density at radius 3 is 1.53 bits per heavy atom. The number of carbonyl (C=O) groups is 1. The molecule has 0 saturated carbocycles. The standard InChI is InChI=1S/C30H39OSi3/c1-22-20-23(2)27(24(3)21-22)30(31)32(34(7,8)9)28(25-16-12-10-13-17-25)29(33(4,5)6)26-18-14-11-15-19-26/h10-21H,1-9H3/b29-28-. The molecule has 0 aliphatic heterocycles. The molecule has 3 rings (SSSR count). The molecule has 0 bridgehead atoms. The summed E-state index contributed by atoms with van der Waals surface area (Å²) in [5, 5.41) is 3.20. The van der Waals surface area contributed by atoms with Crippen LogP contribution in [-0.2, 0) is 0 Å². The van der Waals surface area contributed by atoms with E-state index in [1.54, 1.807) is 0 Å². The Hall–Kier alpha value is -2.28. The Morgan fingerprint density at radius 1 is 0.676 bits per heavy atom. The van der Waals surface area contributed by atoms with E-state index in [4.69, 9.17) is 0 Å². The molecule has 0 atom stereocenters. The van der Waals surface area contributed by atoms with E-state index < -0.39 is 24.0 Å². The smallest absolute Gasteiger partial charge is 0.166 e. The lowest BCUT2D eigenvalue weighted by molar-refractivity contribution is 0.107. The van der Waals surface area contributed by atoms with Crippen LogP contribution in [0.4, 0.5) is 0 Å². The van der Waals surface area contributed by atoms with E-state index in [1.807, 2.05) is 0 Å². The summed E-state index contributed by atoms with van der Waals surface area (Å²) >= 11 is 0. The highest BCUT2D eigenvalue weighted by atomic mass is 29.2. The van der Waals surface area contributed by atoms with Gasteiger partial charge in [0.2, 0.25) is 0 Å². The summed E-state index contributed by atoms with van der Waals surface area (Å²) in [6.07, 6.45) is 0. The number of aryl methyl sites for hydroxylation is 3. The third kappa shape index (κ3) is 5.68. The molecule has 0 unspecified atom stereocenters. The minimum atomic E-state index is -1.90. The Morgan fingerprint density at radius 2 is 1.12 bits per heavy atom. The maximum Gasteiger partial charge on any atom is 0.166 e. The van der Waals surface area contributed by atoms with Gasteiger partial charge < -0.3 is 4.79 Å². The van der Waals surface area contributed by atoms with Gasteiger partial charge in [-0.15, -0.1) is 0 Å². The van der Waals surface area contributed by atoms with E-state index in [-0.39, 0.29) is 0 Å². The summed E-state index contributed by atoms with van der Waals surface area (Å²) in [6, 6.07) is 26.0. The predicted molar refractivity (Wildman–Crippen MR) is 157 cm³/mol. The number of carbonyl (C=O) groups excluding carboxylic acids is 1. The third-order valence-electron chi connectivity index (χ3n) is 6.26. The van der Waals surface area contributed by atoms with Crippen molar-refractivity contribution in [1.29, 1.82) is 0 Å². The first kappa shape index (κ1) is 26.3. The quantitative estimate of drug-likeness (QED) is 0.236. The monoisotopic (exact) mass is 499 g/mol. The maximum absolute atomic E-state index is 14.7. The van der Waals surface area contributed by atoms with Crippen LogP contribution in [0.5, 0.6) is 0 Å². The summed E-state index contributed by atoms with van der Waals surface area (Å²) in [4.78, 5) is 14.7. The van der Waals surface area contributed by atoms with Gasteiger partial charge in [-0.25, -0.2) is 0 Å². The van der Waals surface area contributed by atoms with Gasteiger partial charge in [0.15, 0.2) is 8.31 Å². The Balaban J connectivity index is 2.46. The first-order valence-corrected chi connectivity index (χ1v) is 21.7. The SMILES string of the molecule is Cc1cc(C)c(C(=O)[Si](/C(=C(/c2ccccc2)[Si](C)(C)C)c2ccccc2)[Si](C)(C)C)c(C)c1. The van der Waals surface area contributed by atoms with Crippen molar-refractivity contribution in [3.63, 3.8) is 0 Å². The number of hydrogen-bond donors (Lipinski definition) is 0. The van der Waals surface area contributed by atoms with E-state index in [0.717, 1.165) is 16.7 Å². The summed E-state index contributed by atoms with van der Waals surface area (Å²) in [5.74, 6) is 0. The third-order valence-corrected chi connectivity index (χ3v) is 17.7. The summed E-state index contributed by atoms with van der Waals surface area (Å²) < 4.78 is 0. The van der Waals surface area contributed by atoms with Gasteiger partial charge in [-0.05, 0) is 48.2 Å². The fourth-order valence-electron chi connectivity index (χ4n) is 5.07. The van der Waals surface area contributed by atoms with Crippen LogP contribution in [0.1, 0.15) is 38.2 Å². The average Bonchev–Trinajstić information content (AvgIpc) is 2.72. The van der Waals surface area contributed by atoms with Crippen LogP contribution < -0.4 is 0 Å². The van der Waals surface area contributed by atoms with Crippen molar-refractivity contribution in [2.24, 2.45) is 0 Å². The van der Waals surface area contributed by atoms with Crippen molar-refractivity contribution in [3.8, 4) is 0 Å². The van der Waals surface area contributed by atoms with Gasteiger partial charge in [-0.2, -0.15) is 0 Å². The lowest BCUT2D eigenvalue weighted by Gasteiger charge is -2.35. The molecule has 34 heavy (non-hydrogen) atoms. The molecule has 0 spiro atoms. The summed E-state index contributed by atoms with van der Waals surface area (Å²) in [6.45, 7) is 20.8. The highest BCUT2D eigenvalue weighted by Crippen LogP contribution is 2.39. The maximum atomic E-state index is 14.7. The lowest BCUT2D eigenvalue weighted by Crippen LogP contribution is -2.51. The van der Waals surface area contributed by atoms with Gasteiger partial charge in [0.05, 0.1) is 15.7 Å². The second-order valence-electron chi connectivity index (χ2n) is 11.5. The topological polar surface area (TPSA) is 17.1 Å². The first-order chi connectivity index (χ1) is 15.8. The summed E-state index contributed by atoms with van der Waals surface area (Å²) in [7, 11) is -5.27. The molecule has 0 aliphatic carbocycles. The van der Waals surface area contributed by atoms with E-state index in [9.17, 15) is 4.79 Å². The van der Waals surface area contributed by atoms with Crippen molar-refractivity contribution < 1.29 is 4.79 Å². The second kappa shape index (κ2) is 10.1. The molecule has 0 aromatic heterocycles. The van der Waals surface area contributed by atoms with Crippen LogP contribution >= 0.6 is 0 Å². The largest absolute Gasteiger partial charge is 0.300 e. The first-order valence-electron chi connectivity index (χ1n) is 12.2. The van der Waals surface area contributed by atoms with Crippen LogP contribution in [0.3, 0.4) is 0 Å². The zero-order valence-corrected chi connectivity index (χ0v) is 25.3. The molecular formula is C30H39OSi3. The molecule has 1 radical (unpaired) electrons. The fraction of sp³-hybridized carbons (Fsp3) is 0.300. The van der Waals surface area contributed by atoms with Gasteiger partial charge in [0.25, 0.3) is 0 Å². The molecule has 0 aliphatic rings. The van der Waals surface area contributed by atoms with Gasteiger partial charge in [0.1, 0.15) is 5.41 Å². The Bertz CT molecular complexity index is 1170. The molecule has 177 valence electrons. The van der Waals surface area contributed by atoms with Gasteiger partial charge in [-0.3, -0.25) is 0 Å². The van der Waals surface area contributed by atoms with Gasteiger partial charge in [-0.1, -0.05) is 123 Å². The number of rotatable bonds is 7. The van der Waals surface area contributed by atoms with Crippen LogP contribution in [-0.4, -0.2) is 29.4 Å². The second-order valence-corrected chi connectivity index (χ2v) is 28.7. The molecule has 1 nitrogen and oxygen atoms in total. The van der Waals surface area contributed by atoms with E-state index in [1.165, 1.54) is 27.1 Å². The molecule has 0 saturated heterocycles. The van der Waals surface area contributed by atoms with Crippen molar-refractivity contribution in [2.45, 2.75) is 60.1 Å². The molecule has 3 aromatic rings. The highest BCUT2D eigenvalue weighted by molar-refractivity contribution is 7.50. The van der Waals surface area contributed by atoms with Crippen LogP contribution in [0.15, 0.2) is 72.8 Å². The zero-order chi connectivity index (χ0) is 25.3. The molecule has 3 aromatic carbocycles. The minimum Gasteiger partial charge on any atom is -0.300 e. The number of hydrogen-bond acceptors (Lipinski definition) is 1. The predicted octanol–water partition coefficient (Wildman–Crippen LogP) is 8.27. The zero-order valence-electron chi connectivity index (χ0n) is 22.3. The van der Waals surface area contributed by atoms with Crippen molar-refractivity contribution in [1.82, 2.24) is 0 Å². The average molecular weight is 500 g/mol. The normalized spacial score (nSPS) is 13.1. The van der Waals surface area contributed by atoms with E-state index in [2.05, 4.69) is 133 Å². The van der Waals surface area contributed by atoms with E-state index in [0.29, 0.717) is 5.41 Å². The fourth-order valence-corrected chi connectivity index (χ4v) is 17.5. The van der Waals surface area contributed by atoms with Crippen LogP contribution in [0, 0.1) is 20.8 Å². The van der Waals surface area contributed by atoms with Crippen molar-refractivity contribution >= 4 is 39.8 Å². The Labute approximate surface area is 210 Å². The molecule has 0 fully saturated rings. The van der Waals surface area contributed by atoms with Crippen LogP contribution in [0.2, 0.25) is 39.3 Å². The molecule has 0 N–H and O–H groups in total. The highest BCUT2D eigenvalue weighted by Gasteiger charge is 2.43. The lowest BCUT2D eigenvalue weighted by atomic mass is 10.0. The van der Waals surface area contributed by atoms with Gasteiger partial charge >= 0.3 is 0 Å².